The lowest BCUT2D eigenvalue weighted by molar-refractivity contribution is -0.113. The summed E-state index contributed by atoms with van der Waals surface area (Å²) in [6.45, 7) is 4.56. The molecule has 1 amide bonds. The van der Waals surface area contributed by atoms with E-state index >= 15 is 0 Å². The summed E-state index contributed by atoms with van der Waals surface area (Å²) >= 11 is 19.3. The Labute approximate surface area is 200 Å². The van der Waals surface area contributed by atoms with Crippen molar-refractivity contribution in [2.45, 2.75) is 31.5 Å². The summed E-state index contributed by atoms with van der Waals surface area (Å²) in [4.78, 5) is 12.3. The Morgan fingerprint density at radius 1 is 1.13 bits per heavy atom. The quantitative estimate of drug-likeness (QED) is 0.373. The number of hydrogen-bond acceptors (Lipinski definition) is 5. The van der Waals surface area contributed by atoms with Gasteiger partial charge in [-0.2, -0.15) is 0 Å². The van der Waals surface area contributed by atoms with Crippen molar-refractivity contribution in [3.8, 4) is 5.75 Å². The van der Waals surface area contributed by atoms with Gasteiger partial charge in [0.2, 0.25) is 5.91 Å². The highest BCUT2D eigenvalue weighted by molar-refractivity contribution is 7.99. The molecule has 0 unspecified atom stereocenters. The van der Waals surface area contributed by atoms with Crippen molar-refractivity contribution in [1.82, 2.24) is 14.8 Å². The van der Waals surface area contributed by atoms with E-state index in [4.69, 9.17) is 39.5 Å². The van der Waals surface area contributed by atoms with E-state index in [1.54, 1.807) is 4.57 Å². The van der Waals surface area contributed by atoms with Gasteiger partial charge in [-0.05, 0) is 35.7 Å². The zero-order chi connectivity index (χ0) is 22.5. The highest BCUT2D eigenvalue weighted by Gasteiger charge is 2.15. The predicted molar refractivity (Wildman–Crippen MR) is 127 cm³/mol. The van der Waals surface area contributed by atoms with E-state index in [0.29, 0.717) is 27.6 Å². The number of rotatable bonds is 8. The van der Waals surface area contributed by atoms with Crippen LogP contribution < -0.4 is 10.1 Å². The van der Waals surface area contributed by atoms with Gasteiger partial charge in [0.1, 0.15) is 12.4 Å². The van der Waals surface area contributed by atoms with Crippen LogP contribution in [0.25, 0.3) is 0 Å². The van der Waals surface area contributed by atoms with Gasteiger partial charge in [0, 0.05) is 12.1 Å². The molecular formula is C21H21Cl3N4O2S. The molecule has 0 aliphatic heterocycles. The monoisotopic (exact) mass is 498 g/mol. The first kappa shape index (κ1) is 23.7. The van der Waals surface area contributed by atoms with E-state index in [-0.39, 0.29) is 28.3 Å². The Morgan fingerprint density at radius 3 is 2.39 bits per heavy atom. The summed E-state index contributed by atoms with van der Waals surface area (Å²) < 4.78 is 7.60. The van der Waals surface area contributed by atoms with Crippen LogP contribution in [-0.2, 0) is 18.4 Å². The maximum atomic E-state index is 12.3. The summed E-state index contributed by atoms with van der Waals surface area (Å²) in [5.74, 6) is 1.72. The smallest absolute Gasteiger partial charge is 0.234 e. The number of amides is 1. The van der Waals surface area contributed by atoms with E-state index in [1.165, 1.54) is 29.5 Å². The zero-order valence-electron chi connectivity index (χ0n) is 17.2. The lowest BCUT2D eigenvalue weighted by Crippen LogP contribution is -2.15. The number of hydrogen-bond donors (Lipinski definition) is 1. The highest BCUT2D eigenvalue weighted by Crippen LogP contribution is 2.33. The number of anilines is 1. The maximum absolute atomic E-state index is 12.3. The fourth-order valence-corrected chi connectivity index (χ4v) is 4.30. The van der Waals surface area contributed by atoms with Gasteiger partial charge < -0.3 is 14.6 Å². The summed E-state index contributed by atoms with van der Waals surface area (Å²) in [7, 11) is 1.83. The molecule has 1 N–H and O–H groups in total. The number of nitrogens with zero attached hydrogens (tertiary/aromatic N) is 3. The van der Waals surface area contributed by atoms with E-state index in [0.717, 1.165) is 5.75 Å². The predicted octanol–water partition coefficient (Wildman–Crippen LogP) is 6.21. The molecule has 0 fully saturated rings. The van der Waals surface area contributed by atoms with Crippen molar-refractivity contribution in [3.05, 3.63) is 62.9 Å². The molecule has 0 aliphatic rings. The molecule has 3 aromatic rings. The van der Waals surface area contributed by atoms with Crippen LogP contribution in [0, 0.1) is 0 Å². The first-order valence-electron chi connectivity index (χ1n) is 9.42. The number of thioether (sulfide) groups is 1. The first-order valence-corrected chi connectivity index (χ1v) is 11.5. The second-order valence-corrected chi connectivity index (χ2v) is 9.24. The molecule has 0 saturated heterocycles. The summed E-state index contributed by atoms with van der Waals surface area (Å²) in [5.41, 5.74) is 1.58. The molecule has 31 heavy (non-hydrogen) atoms. The van der Waals surface area contributed by atoms with Crippen LogP contribution in [0.4, 0.5) is 5.69 Å². The third-order valence-electron chi connectivity index (χ3n) is 4.44. The molecule has 0 saturated carbocycles. The van der Waals surface area contributed by atoms with Gasteiger partial charge in [0.05, 0.1) is 21.5 Å². The lowest BCUT2D eigenvalue weighted by atomic mass is 10.0. The summed E-state index contributed by atoms with van der Waals surface area (Å²) in [5, 5.41) is 12.5. The Morgan fingerprint density at radius 2 is 1.77 bits per heavy atom. The van der Waals surface area contributed by atoms with E-state index in [9.17, 15) is 4.79 Å². The standard InChI is InChI=1S/C21H21Cl3N4O2S/c1-12(2)13-4-6-15(7-5-13)30-10-18-26-27-21(28(18)3)31-11-19(29)25-20-16(23)8-14(22)9-17(20)24/h4-9,12H,10-11H2,1-3H3,(H,25,29). The van der Waals surface area contributed by atoms with Crippen LogP contribution in [-0.4, -0.2) is 26.4 Å². The van der Waals surface area contributed by atoms with Gasteiger partial charge in [-0.1, -0.05) is 72.5 Å². The van der Waals surface area contributed by atoms with Crippen molar-refractivity contribution in [1.29, 1.82) is 0 Å². The molecule has 0 bridgehead atoms. The summed E-state index contributed by atoms with van der Waals surface area (Å²) in [6.07, 6.45) is 0. The zero-order valence-corrected chi connectivity index (χ0v) is 20.2. The van der Waals surface area contributed by atoms with Crippen molar-refractivity contribution < 1.29 is 9.53 Å². The maximum Gasteiger partial charge on any atom is 0.234 e. The van der Waals surface area contributed by atoms with Crippen LogP contribution in [0.1, 0.15) is 31.2 Å². The first-order chi connectivity index (χ1) is 14.7. The third kappa shape index (κ3) is 6.29. The van der Waals surface area contributed by atoms with Crippen molar-refractivity contribution in [2.24, 2.45) is 7.05 Å². The Balaban J connectivity index is 1.55. The summed E-state index contributed by atoms with van der Waals surface area (Å²) in [6, 6.07) is 11.0. The van der Waals surface area contributed by atoms with E-state index in [2.05, 4.69) is 41.5 Å². The fraction of sp³-hybridized carbons (Fsp3) is 0.286. The van der Waals surface area contributed by atoms with Gasteiger partial charge in [0.15, 0.2) is 11.0 Å². The van der Waals surface area contributed by atoms with Gasteiger partial charge in [-0.25, -0.2) is 0 Å². The number of nitrogens with one attached hydrogen (secondary N) is 1. The molecule has 164 valence electrons. The van der Waals surface area contributed by atoms with Gasteiger partial charge in [-0.3, -0.25) is 4.79 Å². The van der Waals surface area contributed by atoms with Crippen LogP contribution in [0.3, 0.4) is 0 Å². The fourth-order valence-electron chi connectivity index (χ4n) is 2.66. The number of halogens is 3. The molecule has 6 nitrogen and oxygen atoms in total. The topological polar surface area (TPSA) is 69.0 Å². The van der Waals surface area contributed by atoms with Gasteiger partial charge >= 0.3 is 0 Å². The second kappa shape index (κ2) is 10.6. The van der Waals surface area contributed by atoms with Crippen LogP contribution in [0.15, 0.2) is 41.6 Å². The number of benzene rings is 2. The minimum atomic E-state index is -0.276. The molecule has 0 aliphatic carbocycles. The molecule has 2 aromatic carbocycles. The number of aromatic nitrogens is 3. The highest BCUT2D eigenvalue weighted by atomic mass is 35.5. The molecule has 0 spiro atoms. The van der Waals surface area contributed by atoms with Crippen molar-refractivity contribution >= 4 is 58.2 Å². The molecular weight excluding hydrogens is 479 g/mol. The van der Waals surface area contributed by atoms with Crippen LogP contribution >= 0.6 is 46.6 Å². The largest absolute Gasteiger partial charge is 0.486 e. The molecule has 0 atom stereocenters. The average molecular weight is 500 g/mol. The number of ether oxygens (including phenoxy) is 1. The molecule has 0 radical (unpaired) electrons. The van der Waals surface area contributed by atoms with Crippen molar-refractivity contribution in [2.75, 3.05) is 11.1 Å². The molecule has 1 aromatic heterocycles. The van der Waals surface area contributed by atoms with Crippen LogP contribution in [0.2, 0.25) is 15.1 Å². The lowest BCUT2D eigenvalue weighted by Gasteiger charge is -2.10. The SMILES string of the molecule is CC(C)c1ccc(OCc2nnc(SCC(=O)Nc3c(Cl)cc(Cl)cc3Cl)n2C)cc1. The Bertz CT molecular complexity index is 1050. The molecule has 1 heterocycles. The van der Waals surface area contributed by atoms with Crippen LogP contribution in [0.5, 0.6) is 5.75 Å². The minimum Gasteiger partial charge on any atom is -0.486 e. The number of carbonyl (C=O) groups excluding carboxylic acids is 1. The Kier molecular flexibility index (Phi) is 8.11. The number of carbonyl (C=O) groups is 1. The van der Waals surface area contributed by atoms with Gasteiger partial charge in [0.25, 0.3) is 0 Å². The normalized spacial score (nSPS) is 11.1. The average Bonchev–Trinajstić information content (AvgIpc) is 3.07. The molecule has 10 heteroatoms. The second-order valence-electron chi connectivity index (χ2n) is 7.05. The molecule has 3 rings (SSSR count). The minimum absolute atomic E-state index is 0.110. The third-order valence-corrected chi connectivity index (χ3v) is 6.28. The van der Waals surface area contributed by atoms with Gasteiger partial charge in [-0.15, -0.1) is 10.2 Å². The van der Waals surface area contributed by atoms with E-state index in [1.807, 2.05) is 19.2 Å². The van der Waals surface area contributed by atoms with Crippen molar-refractivity contribution in [3.63, 3.8) is 0 Å². The Hall–Kier alpha value is -1.93. The van der Waals surface area contributed by atoms with E-state index < -0.39 is 0 Å².